The summed E-state index contributed by atoms with van der Waals surface area (Å²) in [7, 11) is 0. The number of thiophene rings is 1. The molecule has 0 aromatic carbocycles. The van der Waals surface area contributed by atoms with Crippen LogP contribution >= 0.6 is 22.9 Å². The van der Waals surface area contributed by atoms with Crippen LogP contribution in [0.5, 0.6) is 0 Å². The van der Waals surface area contributed by atoms with Crippen molar-refractivity contribution in [3.05, 3.63) is 21.3 Å². The number of hydrogen-bond acceptors (Lipinski definition) is 2. The van der Waals surface area contributed by atoms with Gasteiger partial charge in [-0.3, -0.25) is 0 Å². The zero-order chi connectivity index (χ0) is 8.97. The number of halogens is 1. The molecule has 1 rings (SSSR count). The van der Waals surface area contributed by atoms with Crippen LogP contribution in [0.3, 0.4) is 0 Å². The fraction of sp³-hybridized carbons (Fsp3) is 0.556. The lowest BCUT2D eigenvalue weighted by atomic mass is 10.1. The fourth-order valence-electron chi connectivity index (χ4n) is 1.09. The average molecular weight is 204 g/mol. The van der Waals surface area contributed by atoms with Crippen LogP contribution in [-0.2, 0) is 0 Å². The highest BCUT2D eigenvalue weighted by Crippen LogP contribution is 2.27. The second-order valence-corrected chi connectivity index (χ2v) is 4.64. The summed E-state index contributed by atoms with van der Waals surface area (Å²) >= 11 is 7.39. The molecule has 1 heterocycles. The molecule has 12 heavy (non-hydrogen) atoms. The SMILES string of the molecule is CCCC[C@@H](N)c1ccc(Cl)s1. The minimum absolute atomic E-state index is 0.183. The van der Waals surface area contributed by atoms with Crippen molar-refractivity contribution in [1.29, 1.82) is 0 Å². The van der Waals surface area contributed by atoms with Crippen molar-refractivity contribution < 1.29 is 0 Å². The first-order valence-corrected chi connectivity index (χ1v) is 5.44. The molecule has 0 saturated heterocycles. The van der Waals surface area contributed by atoms with E-state index in [1.54, 1.807) is 11.3 Å². The number of rotatable bonds is 4. The summed E-state index contributed by atoms with van der Waals surface area (Å²) in [6.45, 7) is 2.17. The van der Waals surface area contributed by atoms with Crippen molar-refractivity contribution in [3.63, 3.8) is 0 Å². The van der Waals surface area contributed by atoms with Crippen LogP contribution in [0.4, 0.5) is 0 Å². The van der Waals surface area contributed by atoms with Gasteiger partial charge in [0.05, 0.1) is 4.34 Å². The Morgan fingerprint density at radius 2 is 2.33 bits per heavy atom. The van der Waals surface area contributed by atoms with Crippen LogP contribution in [0.15, 0.2) is 12.1 Å². The van der Waals surface area contributed by atoms with Crippen molar-refractivity contribution >= 4 is 22.9 Å². The lowest BCUT2D eigenvalue weighted by molar-refractivity contribution is 0.611. The molecule has 1 aromatic rings. The maximum Gasteiger partial charge on any atom is 0.0931 e. The molecule has 3 heteroatoms. The fourth-order valence-corrected chi connectivity index (χ4v) is 2.19. The third-order valence-corrected chi connectivity index (χ3v) is 3.19. The van der Waals surface area contributed by atoms with Gasteiger partial charge < -0.3 is 5.73 Å². The Labute approximate surface area is 82.5 Å². The van der Waals surface area contributed by atoms with Crippen molar-refractivity contribution in [2.75, 3.05) is 0 Å². The van der Waals surface area contributed by atoms with Gasteiger partial charge in [0.15, 0.2) is 0 Å². The zero-order valence-electron chi connectivity index (χ0n) is 7.22. The first-order valence-electron chi connectivity index (χ1n) is 4.25. The van der Waals surface area contributed by atoms with Crippen LogP contribution in [0.25, 0.3) is 0 Å². The highest BCUT2D eigenvalue weighted by atomic mass is 35.5. The summed E-state index contributed by atoms with van der Waals surface area (Å²) < 4.78 is 0.831. The van der Waals surface area contributed by atoms with Gasteiger partial charge in [0.1, 0.15) is 0 Å². The van der Waals surface area contributed by atoms with E-state index >= 15 is 0 Å². The molecule has 2 N–H and O–H groups in total. The Bertz CT molecular complexity index is 234. The Hall–Kier alpha value is -0.0500. The molecular weight excluding hydrogens is 190 g/mol. The normalized spacial score (nSPS) is 13.2. The van der Waals surface area contributed by atoms with Crippen LogP contribution in [0.1, 0.15) is 37.1 Å². The standard InChI is InChI=1S/C9H14ClNS/c1-2-3-4-7(11)8-5-6-9(10)12-8/h5-7H,2-4,11H2,1H3/t7-/m1/s1. The lowest BCUT2D eigenvalue weighted by Gasteiger charge is -2.07. The first-order chi connectivity index (χ1) is 5.74. The number of nitrogens with two attached hydrogens (primary N) is 1. The van der Waals surface area contributed by atoms with E-state index in [4.69, 9.17) is 17.3 Å². The molecule has 0 aliphatic carbocycles. The Balaban J connectivity index is 2.47. The van der Waals surface area contributed by atoms with E-state index in [0.717, 1.165) is 10.8 Å². The van der Waals surface area contributed by atoms with E-state index in [-0.39, 0.29) is 6.04 Å². The second kappa shape index (κ2) is 4.85. The molecule has 1 atom stereocenters. The highest BCUT2D eigenvalue weighted by molar-refractivity contribution is 7.16. The molecule has 0 bridgehead atoms. The highest BCUT2D eigenvalue weighted by Gasteiger charge is 2.07. The Morgan fingerprint density at radius 1 is 1.58 bits per heavy atom. The van der Waals surface area contributed by atoms with Crippen molar-refractivity contribution in [2.24, 2.45) is 5.73 Å². The largest absolute Gasteiger partial charge is 0.323 e. The molecule has 0 radical (unpaired) electrons. The van der Waals surface area contributed by atoms with Gasteiger partial charge in [-0.2, -0.15) is 0 Å². The van der Waals surface area contributed by atoms with Gasteiger partial charge in [-0.05, 0) is 18.6 Å². The average Bonchev–Trinajstić information content (AvgIpc) is 2.47. The van der Waals surface area contributed by atoms with E-state index in [2.05, 4.69) is 6.92 Å². The third-order valence-electron chi connectivity index (χ3n) is 1.83. The summed E-state index contributed by atoms with van der Waals surface area (Å²) in [5.41, 5.74) is 5.95. The molecule has 1 aromatic heterocycles. The van der Waals surface area contributed by atoms with Gasteiger partial charge >= 0.3 is 0 Å². The van der Waals surface area contributed by atoms with Crippen LogP contribution < -0.4 is 5.73 Å². The van der Waals surface area contributed by atoms with Crippen LogP contribution in [0.2, 0.25) is 4.34 Å². The van der Waals surface area contributed by atoms with E-state index in [1.807, 2.05) is 12.1 Å². The lowest BCUT2D eigenvalue weighted by Crippen LogP contribution is -2.07. The maximum absolute atomic E-state index is 5.95. The molecule has 0 aliphatic rings. The summed E-state index contributed by atoms with van der Waals surface area (Å²) in [6.07, 6.45) is 3.46. The van der Waals surface area contributed by atoms with Gasteiger partial charge in [0.2, 0.25) is 0 Å². The summed E-state index contributed by atoms with van der Waals surface area (Å²) in [5.74, 6) is 0. The minimum atomic E-state index is 0.183. The van der Waals surface area contributed by atoms with Gasteiger partial charge in [-0.1, -0.05) is 31.4 Å². The Morgan fingerprint density at radius 3 is 2.83 bits per heavy atom. The third kappa shape index (κ3) is 2.77. The van der Waals surface area contributed by atoms with E-state index < -0.39 is 0 Å². The number of unbranched alkanes of at least 4 members (excludes halogenated alkanes) is 1. The molecule has 0 aliphatic heterocycles. The molecule has 0 fully saturated rings. The van der Waals surface area contributed by atoms with Crippen LogP contribution in [0, 0.1) is 0 Å². The minimum Gasteiger partial charge on any atom is -0.323 e. The van der Waals surface area contributed by atoms with Crippen molar-refractivity contribution in [1.82, 2.24) is 0 Å². The van der Waals surface area contributed by atoms with Gasteiger partial charge in [-0.25, -0.2) is 0 Å². The maximum atomic E-state index is 5.95. The molecular formula is C9H14ClNS. The van der Waals surface area contributed by atoms with E-state index in [9.17, 15) is 0 Å². The topological polar surface area (TPSA) is 26.0 Å². The van der Waals surface area contributed by atoms with Gasteiger partial charge in [0, 0.05) is 10.9 Å². The molecule has 0 unspecified atom stereocenters. The molecule has 68 valence electrons. The first kappa shape index (κ1) is 10.0. The van der Waals surface area contributed by atoms with E-state index in [1.165, 1.54) is 17.7 Å². The summed E-state index contributed by atoms with van der Waals surface area (Å²) in [4.78, 5) is 1.20. The predicted octanol–water partition coefficient (Wildman–Crippen LogP) is 3.59. The predicted molar refractivity (Wildman–Crippen MR) is 55.8 cm³/mol. The second-order valence-electron chi connectivity index (χ2n) is 2.89. The quantitative estimate of drug-likeness (QED) is 0.795. The van der Waals surface area contributed by atoms with E-state index in [0.29, 0.717) is 0 Å². The smallest absolute Gasteiger partial charge is 0.0931 e. The molecule has 1 nitrogen and oxygen atoms in total. The zero-order valence-corrected chi connectivity index (χ0v) is 8.79. The summed E-state index contributed by atoms with van der Waals surface area (Å²) in [6, 6.07) is 4.11. The van der Waals surface area contributed by atoms with Gasteiger partial charge in [0.25, 0.3) is 0 Å². The number of hydrogen-bond donors (Lipinski definition) is 1. The molecule has 0 amide bonds. The summed E-state index contributed by atoms with van der Waals surface area (Å²) in [5, 5.41) is 0. The van der Waals surface area contributed by atoms with Crippen LogP contribution in [-0.4, -0.2) is 0 Å². The van der Waals surface area contributed by atoms with Crippen molar-refractivity contribution in [2.45, 2.75) is 32.2 Å². The molecule has 0 saturated carbocycles. The molecule has 0 spiro atoms. The Kier molecular flexibility index (Phi) is 4.06. The monoisotopic (exact) mass is 203 g/mol. The van der Waals surface area contributed by atoms with Gasteiger partial charge in [-0.15, -0.1) is 11.3 Å². The van der Waals surface area contributed by atoms with Crippen molar-refractivity contribution in [3.8, 4) is 0 Å².